The molecule has 1 aromatic carbocycles. The zero-order valence-corrected chi connectivity index (χ0v) is 13.0. The van der Waals surface area contributed by atoms with Gasteiger partial charge in [0.05, 0.1) is 0 Å². The highest BCUT2D eigenvalue weighted by atomic mass is 35.5. The lowest BCUT2D eigenvalue weighted by molar-refractivity contribution is 0.147. The molecule has 0 saturated carbocycles. The Bertz CT molecular complexity index is 551. The normalized spacial score (nSPS) is 27.4. The number of halogens is 1. The highest BCUT2D eigenvalue weighted by Gasteiger charge is 2.45. The van der Waals surface area contributed by atoms with Crippen LogP contribution in [0.2, 0.25) is 5.02 Å². The molecule has 2 unspecified atom stereocenters. The molecule has 1 spiro atoms. The number of carboxylic acid groups (broad SMARTS) is 1. The minimum absolute atomic E-state index is 0.147. The lowest BCUT2D eigenvalue weighted by Crippen LogP contribution is -2.33. The Balaban J connectivity index is 1.70. The Hall–Kier alpha value is -1.26. The standard InChI is InChI=1S/C16H21ClN2O2/c1-12(13-4-2-3-5-14(13)17)18-8-6-16(10-18)7-9-19(11-16)15(20)21/h2-5,12H,6-11H2,1H3,(H,20,21). The van der Waals surface area contributed by atoms with Gasteiger partial charge in [-0.1, -0.05) is 29.8 Å². The molecule has 1 amide bonds. The Kier molecular flexibility index (Phi) is 3.84. The summed E-state index contributed by atoms with van der Waals surface area (Å²) < 4.78 is 0. The summed E-state index contributed by atoms with van der Waals surface area (Å²) in [5.41, 5.74) is 1.30. The van der Waals surface area contributed by atoms with Gasteiger partial charge in [-0.3, -0.25) is 4.90 Å². The van der Waals surface area contributed by atoms with E-state index in [2.05, 4.69) is 17.9 Å². The Labute approximate surface area is 130 Å². The predicted octanol–water partition coefficient (Wildman–Crippen LogP) is 3.48. The minimum atomic E-state index is -0.788. The maximum atomic E-state index is 11.1. The van der Waals surface area contributed by atoms with E-state index in [-0.39, 0.29) is 11.5 Å². The van der Waals surface area contributed by atoms with Gasteiger partial charge >= 0.3 is 6.09 Å². The number of nitrogens with zero attached hydrogens (tertiary/aromatic N) is 2. The molecule has 2 heterocycles. The van der Waals surface area contributed by atoms with E-state index in [1.165, 1.54) is 0 Å². The highest BCUT2D eigenvalue weighted by molar-refractivity contribution is 6.31. The van der Waals surface area contributed by atoms with E-state index in [0.717, 1.165) is 36.5 Å². The third kappa shape index (κ3) is 2.74. The number of hydrogen-bond donors (Lipinski definition) is 1. The van der Waals surface area contributed by atoms with E-state index in [1.54, 1.807) is 4.90 Å². The SMILES string of the molecule is CC(c1ccccc1Cl)N1CCC2(CCN(C(=O)O)C2)C1. The van der Waals surface area contributed by atoms with Crippen LogP contribution in [0.1, 0.15) is 31.4 Å². The number of amides is 1. The number of benzene rings is 1. The molecule has 2 saturated heterocycles. The smallest absolute Gasteiger partial charge is 0.407 e. The molecule has 2 aliphatic rings. The third-order valence-corrected chi connectivity index (χ3v) is 5.42. The lowest BCUT2D eigenvalue weighted by atomic mass is 9.86. The van der Waals surface area contributed by atoms with Crippen LogP contribution in [-0.2, 0) is 0 Å². The predicted molar refractivity (Wildman–Crippen MR) is 82.7 cm³/mol. The molecule has 2 fully saturated rings. The molecule has 0 bridgehead atoms. The zero-order valence-electron chi connectivity index (χ0n) is 12.3. The van der Waals surface area contributed by atoms with Crippen molar-refractivity contribution in [1.29, 1.82) is 0 Å². The Morgan fingerprint density at radius 3 is 2.67 bits per heavy atom. The highest BCUT2D eigenvalue weighted by Crippen LogP contribution is 2.42. The lowest BCUT2D eigenvalue weighted by Gasteiger charge is -2.28. The molecule has 3 rings (SSSR count). The Morgan fingerprint density at radius 2 is 2.00 bits per heavy atom. The van der Waals surface area contributed by atoms with Crippen LogP contribution in [0.4, 0.5) is 4.79 Å². The van der Waals surface area contributed by atoms with Crippen LogP contribution in [0, 0.1) is 5.41 Å². The molecule has 4 nitrogen and oxygen atoms in total. The maximum absolute atomic E-state index is 11.1. The van der Waals surface area contributed by atoms with Gasteiger partial charge in [0.1, 0.15) is 0 Å². The maximum Gasteiger partial charge on any atom is 0.407 e. The summed E-state index contributed by atoms with van der Waals surface area (Å²) in [6.45, 7) is 5.50. The van der Waals surface area contributed by atoms with E-state index in [0.29, 0.717) is 13.1 Å². The van der Waals surface area contributed by atoms with Crippen molar-refractivity contribution in [2.24, 2.45) is 5.41 Å². The van der Waals surface area contributed by atoms with Gasteiger partial charge in [-0.15, -0.1) is 0 Å². The molecule has 21 heavy (non-hydrogen) atoms. The van der Waals surface area contributed by atoms with Crippen molar-refractivity contribution in [3.63, 3.8) is 0 Å². The van der Waals surface area contributed by atoms with Gasteiger partial charge in [0.2, 0.25) is 0 Å². The van der Waals surface area contributed by atoms with E-state index in [4.69, 9.17) is 16.7 Å². The number of hydrogen-bond acceptors (Lipinski definition) is 2. The van der Waals surface area contributed by atoms with Crippen LogP contribution in [-0.4, -0.2) is 47.2 Å². The molecular formula is C16H21ClN2O2. The second-order valence-corrected chi connectivity index (χ2v) is 6.78. The molecule has 0 aliphatic carbocycles. The summed E-state index contributed by atoms with van der Waals surface area (Å²) in [5.74, 6) is 0. The summed E-state index contributed by atoms with van der Waals surface area (Å²) >= 11 is 6.30. The van der Waals surface area contributed by atoms with Crippen molar-refractivity contribution in [2.75, 3.05) is 26.2 Å². The summed E-state index contributed by atoms with van der Waals surface area (Å²) in [7, 11) is 0. The second-order valence-electron chi connectivity index (χ2n) is 6.37. The molecule has 0 radical (unpaired) electrons. The van der Waals surface area contributed by atoms with Gasteiger partial charge in [-0.2, -0.15) is 0 Å². The van der Waals surface area contributed by atoms with Crippen LogP contribution < -0.4 is 0 Å². The fourth-order valence-corrected chi connectivity index (χ4v) is 4.04. The van der Waals surface area contributed by atoms with E-state index >= 15 is 0 Å². The largest absolute Gasteiger partial charge is 0.465 e. The monoisotopic (exact) mass is 308 g/mol. The summed E-state index contributed by atoms with van der Waals surface area (Å²) in [6.07, 6.45) is 1.26. The first kappa shape index (κ1) is 14.7. The van der Waals surface area contributed by atoms with Crippen LogP contribution in [0.5, 0.6) is 0 Å². The van der Waals surface area contributed by atoms with Crippen molar-refractivity contribution in [3.05, 3.63) is 34.9 Å². The van der Waals surface area contributed by atoms with Gasteiger partial charge in [0.25, 0.3) is 0 Å². The van der Waals surface area contributed by atoms with Gasteiger partial charge in [-0.05, 0) is 37.9 Å². The van der Waals surface area contributed by atoms with Crippen molar-refractivity contribution >= 4 is 17.7 Å². The number of rotatable bonds is 2. The molecule has 1 aromatic rings. The van der Waals surface area contributed by atoms with Gasteiger partial charge in [0, 0.05) is 36.1 Å². The van der Waals surface area contributed by atoms with Gasteiger partial charge in [0.15, 0.2) is 0 Å². The van der Waals surface area contributed by atoms with E-state index < -0.39 is 6.09 Å². The summed E-state index contributed by atoms with van der Waals surface area (Å²) in [4.78, 5) is 15.1. The van der Waals surface area contributed by atoms with Crippen molar-refractivity contribution in [1.82, 2.24) is 9.80 Å². The average molecular weight is 309 g/mol. The molecule has 114 valence electrons. The first-order valence-electron chi connectivity index (χ1n) is 7.47. The van der Waals surface area contributed by atoms with Crippen molar-refractivity contribution < 1.29 is 9.90 Å². The summed E-state index contributed by atoms with van der Waals surface area (Å²) in [5, 5.41) is 9.95. The van der Waals surface area contributed by atoms with Crippen LogP contribution in [0.25, 0.3) is 0 Å². The molecule has 5 heteroatoms. The summed E-state index contributed by atoms with van der Waals surface area (Å²) in [6, 6.07) is 8.26. The first-order valence-corrected chi connectivity index (χ1v) is 7.85. The van der Waals surface area contributed by atoms with E-state index in [1.807, 2.05) is 18.2 Å². The number of carbonyl (C=O) groups is 1. The fraction of sp³-hybridized carbons (Fsp3) is 0.562. The van der Waals surface area contributed by atoms with Crippen LogP contribution in [0.15, 0.2) is 24.3 Å². The quantitative estimate of drug-likeness (QED) is 0.909. The second kappa shape index (κ2) is 5.50. The van der Waals surface area contributed by atoms with Gasteiger partial charge in [-0.25, -0.2) is 4.79 Å². The zero-order chi connectivity index (χ0) is 15.0. The topological polar surface area (TPSA) is 43.8 Å². The van der Waals surface area contributed by atoms with Crippen LogP contribution in [0.3, 0.4) is 0 Å². The molecular weight excluding hydrogens is 288 g/mol. The minimum Gasteiger partial charge on any atom is -0.465 e. The van der Waals surface area contributed by atoms with Crippen molar-refractivity contribution in [2.45, 2.75) is 25.8 Å². The molecule has 1 N–H and O–H groups in total. The molecule has 2 aliphatic heterocycles. The first-order chi connectivity index (χ1) is 10.0. The fourth-order valence-electron chi connectivity index (χ4n) is 3.74. The van der Waals surface area contributed by atoms with Gasteiger partial charge < -0.3 is 10.0 Å². The molecule has 0 aromatic heterocycles. The van der Waals surface area contributed by atoms with E-state index in [9.17, 15) is 4.79 Å². The average Bonchev–Trinajstić information content (AvgIpc) is 3.07. The molecule has 2 atom stereocenters. The number of likely N-dealkylation sites (tertiary alicyclic amines) is 2. The van der Waals surface area contributed by atoms with Crippen molar-refractivity contribution in [3.8, 4) is 0 Å². The third-order valence-electron chi connectivity index (χ3n) is 5.08. The van der Waals surface area contributed by atoms with Crippen LogP contribution >= 0.6 is 11.6 Å². The Morgan fingerprint density at radius 1 is 1.29 bits per heavy atom.